The number of carbonyl (C=O) groups excluding carboxylic acids is 3. The smallest absolute Gasteiger partial charge is 0.418 e. The van der Waals surface area contributed by atoms with E-state index in [1.54, 1.807) is 97.1 Å². The molecule has 47 heavy (non-hydrogen) atoms. The fourth-order valence-corrected chi connectivity index (χ4v) is 5.57. The van der Waals surface area contributed by atoms with Crippen LogP contribution in [0.1, 0.15) is 32.5 Å². The summed E-state index contributed by atoms with van der Waals surface area (Å²) in [5, 5.41) is 6.73. The van der Waals surface area contributed by atoms with Crippen LogP contribution >= 0.6 is 23.4 Å². The zero-order valence-corrected chi connectivity index (χ0v) is 25.8. The van der Waals surface area contributed by atoms with Gasteiger partial charge in [0.2, 0.25) is 5.91 Å². The predicted molar refractivity (Wildman–Crippen MR) is 176 cm³/mol. The first-order valence-electron chi connectivity index (χ1n) is 14.0. The molecule has 0 saturated carbocycles. The summed E-state index contributed by atoms with van der Waals surface area (Å²) in [6, 6.07) is 30.0. The number of hydrogen-bond acceptors (Lipinski definition) is 5. The molecule has 5 rings (SSSR count). The molecule has 0 bridgehead atoms. The molecule has 238 valence electrons. The Hall–Kier alpha value is -5.26. The molecule has 3 amide bonds. The molecule has 4 aromatic carbocycles. The second-order valence-electron chi connectivity index (χ2n) is 9.96. The van der Waals surface area contributed by atoms with E-state index in [0.717, 1.165) is 23.9 Å². The molecule has 3 N–H and O–H groups in total. The summed E-state index contributed by atoms with van der Waals surface area (Å²) in [4.78, 5) is 40.1. The summed E-state index contributed by atoms with van der Waals surface area (Å²) in [5.41, 5.74) is -0.227. The first-order valence-corrected chi connectivity index (χ1v) is 15.2. The molecular weight excluding hydrogens is 651 g/mol. The van der Waals surface area contributed by atoms with Gasteiger partial charge >= 0.3 is 6.18 Å². The number of thioether (sulfide) groups is 1. The number of amides is 3. The average Bonchev–Trinajstić information content (AvgIpc) is 3.58. The topological polar surface area (TPSA) is 100 Å². The minimum absolute atomic E-state index is 0.0616. The third kappa shape index (κ3) is 8.93. The third-order valence-electron chi connectivity index (χ3n) is 6.61. The van der Waals surface area contributed by atoms with E-state index in [1.807, 2.05) is 0 Å². The van der Waals surface area contributed by atoms with Gasteiger partial charge in [-0.3, -0.25) is 14.4 Å². The largest absolute Gasteiger partial charge is 0.465 e. The van der Waals surface area contributed by atoms with Crippen LogP contribution in [0.2, 0.25) is 5.02 Å². The quantitative estimate of drug-likeness (QED) is 0.101. The SMILES string of the molecule is O=C(Nc1ccc(SC(C(=O)Nc2ccc(Cl)cc2C(F)(F)F)c2ccccc2)cc1)/C(=C/c1ccco1)NC(=O)c1ccccc1. The van der Waals surface area contributed by atoms with Gasteiger partial charge in [0.25, 0.3) is 11.8 Å². The Morgan fingerprint density at radius 1 is 0.809 bits per heavy atom. The number of anilines is 2. The summed E-state index contributed by atoms with van der Waals surface area (Å²) in [7, 11) is 0. The molecule has 1 unspecified atom stereocenters. The number of hydrogen-bond donors (Lipinski definition) is 3. The number of halogens is 4. The molecule has 12 heteroatoms. The summed E-state index contributed by atoms with van der Waals surface area (Å²) in [6.07, 6.45) is -1.90. The van der Waals surface area contributed by atoms with E-state index in [4.69, 9.17) is 16.0 Å². The van der Waals surface area contributed by atoms with Gasteiger partial charge < -0.3 is 20.4 Å². The van der Waals surface area contributed by atoms with Crippen molar-refractivity contribution in [3.05, 3.63) is 155 Å². The van der Waals surface area contributed by atoms with Gasteiger partial charge in [0, 0.05) is 27.2 Å². The maximum Gasteiger partial charge on any atom is 0.418 e. The summed E-state index contributed by atoms with van der Waals surface area (Å²) >= 11 is 6.91. The lowest BCUT2D eigenvalue weighted by molar-refractivity contribution is -0.137. The lowest BCUT2D eigenvalue weighted by Crippen LogP contribution is -2.30. The maximum absolute atomic E-state index is 13.7. The van der Waals surface area contributed by atoms with Gasteiger partial charge in [-0.1, -0.05) is 60.1 Å². The van der Waals surface area contributed by atoms with Gasteiger partial charge in [0.15, 0.2) is 0 Å². The van der Waals surface area contributed by atoms with E-state index >= 15 is 0 Å². The normalized spacial score (nSPS) is 12.2. The van der Waals surface area contributed by atoms with E-state index in [1.165, 1.54) is 18.4 Å². The molecule has 7 nitrogen and oxygen atoms in total. The fourth-order valence-electron chi connectivity index (χ4n) is 4.37. The summed E-state index contributed by atoms with van der Waals surface area (Å²) in [5.74, 6) is -1.43. The molecular formula is C35H25ClF3N3O4S. The molecule has 1 atom stereocenters. The second-order valence-corrected chi connectivity index (χ2v) is 11.6. The number of benzene rings is 4. The van der Waals surface area contributed by atoms with Crippen LogP contribution in [0.4, 0.5) is 24.5 Å². The highest BCUT2D eigenvalue weighted by Crippen LogP contribution is 2.40. The van der Waals surface area contributed by atoms with Gasteiger partial charge in [-0.15, -0.1) is 11.8 Å². The number of carbonyl (C=O) groups is 3. The molecule has 1 heterocycles. The maximum atomic E-state index is 13.7. The monoisotopic (exact) mass is 675 g/mol. The van der Waals surface area contributed by atoms with Crippen LogP contribution in [0.3, 0.4) is 0 Å². The lowest BCUT2D eigenvalue weighted by atomic mass is 10.1. The lowest BCUT2D eigenvalue weighted by Gasteiger charge is -2.19. The molecule has 5 aromatic rings. The standard InChI is InChI=1S/C35H25ClF3N3O4S/c36-24-13-18-29(28(20-24)35(37,38)39)41-34(45)31(22-8-3-1-4-9-22)47-27-16-14-25(15-17-27)40-33(44)30(21-26-12-7-19-46-26)42-32(43)23-10-5-2-6-11-23/h1-21,31H,(H,40,44)(H,41,45)(H,42,43)/b30-21-. The molecule has 0 fully saturated rings. The van der Waals surface area contributed by atoms with Crippen LogP contribution in [0.25, 0.3) is 6.08 Å². The van der Waals surface area contributed by atoms with Crippen molar-refractivity contribution in [2.45, 2.75) is 16.3 Å². The Balaban J connectivity index is 1.33. The van der Waals surface area contributed by atoms with Crippen LogP contribution in [0, 0.1) is 0 Å². The zero-order chi connectivity index (χ0) is 33.4. The van der Waals surface area contributed by atoms with Gasteiger partial charge in [0.1, 0.15) is 16.7 Å². The summed E-state index contributed by atoms with van der Waals surface area (Å²) < 4.78 is 46.4. The van der Waals surface area contributed by atoms with E-state index in [9.17, 15) is 27.6 Å². The highest BCUT2D eigenvalue weighted by atomic mass is 35.5. The van der Waals surface area contributed by atoms with Crippen molar-refractivity contribution in [1.29, 1.82) is 0 Å². The Kier molecular flexibility index (Phi) is 10.5. The molecule has 0 aliphatic heterocycles. The molecule has 1 aromatic heterocycles. The van der Waals surface area contributed by atoms with Crippen LogP contribution < -0.4 is 16.0 Å². The van der Waals surface area contributed by atoms with Crippen LogP contribution in [0.15, 0.2) is 137 Å². The predicted octanol–water partition coefficient (Wildman–Crippen LogP) is 8.83. The van der Waals surface area contributed by atoms with Crippen LogP contribution in [-0.2, 0) is 15.8 Å². The molecule has 0 saturated heterocycles. The summed E-state index contributed by atoms with van der Waals surface area (Å²) in [6.45, 7) is 0. The zero-order valence-electron chi connectivity index (χ0n) is 24.3. The van der Waals surface area contributed by atoms with Crippen molar-refractivity contribution >= 4 is 58.5 Å². The Morgan fingerprint density at radius 3 is 2.13 bits per heavy atom. The van der Waals surface area contributed by atoms with Gasteiger partial charge in [0.05, 0.1) is 17.5 Å². The van der Waals surface area contributed by atoms with Crippen molar-refractivity contribution < 1.29 is 32.0 Å². The van der Waals surface area contributed by atoms with E-state index < -0.39 is 40.4 Å². The number of nitrogens with one attached hydrogen (secondary N) is 3. The third-order valence-corrected chi connectivity index (χ3v) is 8.11. The minimum atomic E-state index is -4.74. The van der Waals surface area contributed by atoms with Crippen molar-refractivity contribution in [2.75, 3.05) is 10.6 Å². The highest BCUT2D eigenvalue weighted by Gasteiger charge is 2.35. The Morgan fingerprint density at radius 2 is 1.49 bits per heavy atom. The first kappa shape index (κ1) is 33.1. The second kappa shape index (κ2) is 14.9. The van der Waals surface area contributed by atoms with Crippen molar-refractivity contribution in [3.63, 3.8) is 0 Å². The van der Waals surface area contributed by atoms with Crippen molar-refractivity contribution in [1.82, 2.24) is 5.32 Å². The van der Waals surface area contributed by atoms with Crippen LogP contribution in [0.5, 0.6) is 0 Å². The van der Waals surface area contributed by atoms with Crippen molar-refractivity contribution in [2.24, 2.45) is 0 Å². The Bertz CT molecular complexity index is 1880. The number of alkyl halides is 3. The van der Waals surface area contributed by atoms with E-state index in [0.29, 0.717) is 27.5 Å². The van der Waals surface area contributed by atoms with Gasteiger partial charge in [-0.25, -0.2) is 0 Å². The average molecular weight is 676 g/mol. The molecule has 0 aliphatic carbocycles. The number of furan rings is 1. The molecule has 0 radical (unpaired) electrons. The van der Waals surface area contributed by atoms with Crippen LogP contribution in [-0.4, -0.2) is 17.7 Å². The van der Waals surface area contributed by atoms with E-state index in [2.05, 4.69) is 16.0 Å². The highest BCUT2D eigenvalue weighted by molar-refractivity contribution is 8.00. The Labute approximate surface area is 276 Å². The van der Waals surface area contributed by atoms with Crippen molar-refractivity contribution in [3.8, 4) is 0 Å². The molecule has 0 aliphatic rings. The van der Waals surface area contributed by atoms with Gasteiger partial charge in [-0.2, -0.15) is 13.2 Å². The molecule has 0 spiro atoms. The van der Waals surface area contributed by atoms with E-state index in [-0.39, 0.29) is 10.7 Å². The van der Waals surface area contributed by atoms with Gasteiger partial charge in [-0.05, 0) is 72.3 Å². The number of rotatable bonds is 10. The first-order chi connectivity index (χ1) is 22.6. The minimum Gasteiger partial charge on any atom is -0.465 e. The fraction of sp³-hybridized carbons (Fsp3) is 0.0571.